The minimum Gasteiger partial charge on any atom is -0.444 e. The molecule has 1 atom stereocenters. The fourth-order valence-corrected chi connectivity index (χ4v) is 0.820. The molecule has 0 aromatic carbocycles. The molecule has 4 nitrogen and oxygen atoms in total. The number of carbonyl (C=O) groups excluding carboxylic acids is 2. The Hall–Kier alpha value is -1.27. The number of amides is 1. The van der Waals surface area contributed by atoms with Gasteiger partial charge >= 0.3 is 12.3 Å². The molecule has 0 aliphatic heterocycles. The van der Waals surface area contributed by atoms with E-state index in [9.17, 15) is 22.8 Å². The van der Waals surface area contributed by atoms with Gasteiger partial charge in [-0.25, -0.2) is 4.79 Å². The fourth-order valence-electron chi connectivity index (χ4n) is 0.820. The summed E-state index contributed by atoms with van der Waals surface area (Å²) in [6, 6.07) is -2.21. The topological polar surface area (TPSA) is 55.4 Å². The number of alkyl carbamates (subject to hydrolysis) is 1. The Morgan fingerprint density at radius 1 is 1.38 bits per heavy atom. The van der Waals surface area contributed by atoms with E-state index in [4.69, 9.17) is 0 Å². The fraction of sp³-hybridized carbons (Fsp3) is 0.778. The number of alkyl halides is 3. The number of ether oxygens (including phenoxy) is 1. The van der Waals surface area contributed by atoms with E-state index in [1.807, 2.05) is 0 Å². The van der Waals surface area contributed by atoms with E-state index in [0.29, 0.717) is 0 Å². The first-order valence-corrected chi connectivity index (χ1v) is 4.56. The Labute approximate surface area is 91.1 Å². The average molecular weight is 241 g/mol. The van der Waals surface area contributed by atoms with Crippen LogP contribution in [0.2, 0.25) is 0 Å². The highest BCUT2D eigenvalue weighted by atomic mass is 19.4. The minimum absolute atomic E-state index is 0.0928. The molecule has 0 rings (SSSR count). The smallest absolute Gasteiger partial charge is 0.409 e. The lowest BCUT2D eigenvalue weighted by molar-refractivity contribution is -0.158. The summed E-state index contributed by atoms with van der Waals surface area (Å²) in [6.45, 7) is 4.57. The molecule has 0 heterocycles. The monoisotopic (exact) mass is 241 g/mol. The molecule has 0 aliphatic carbocycles. The van der Waals surface area contributed by atoms with Gasteiger partial charge in [0.2, 0.25) is 0 Å². The Kier molecular flexibility index (Phi) is 4.77. The van der Waals surface area contributed by atoms with Crippen LogP contribution in [0.1, 0.15) is 27.2 Å². The van der Waals surface area contributed by atoms with E-state index in [1.165, 1.54) is 20.8 Å². The van der Waals surface area contributed by atoms with E-state index in [0.717, 1.165) is 0 Å². The van der Waals surface area contributed by atoms with Crippen LogP contribution in [0.15, 0.2) is 0 Å². The van der Waals surface area contributed by atoms with Gasteiger partial charge < -0.3 is 14.8 Å². The summed E-state index contributed by atoms with van der Waals surface area (Å²) < 4.78 is 41.5. The second kappa shape index (κ2) is 5.18. The van der Waals surface area contributed by atoms with Crippen LogP contribution < -0.4 is 5.32 Å². The van der Waals surface area contributed by atoms with Gasteiger partial charge in [0.1, 0.15) is 17.9 Å². The van der Waals surface area contributed by atoms with Crippen LogP contribution in [0.5, 0.6) is 0 Å². The molecule has 0 unspecified atom stereocenters. The average Bonchev–Trinajstić information content (AvgIpc) is 1.97. The summed E-state index contributed by atoms with van der Waals surface area (Å²) in [5.74, 6) is 0. The quantitative estimate of drug-likeness (QED) is 0.769. The first-order chi connectivity index (χ1) is 7.06. The number of halogens is 3. The van der Waals surface area contributed by atoms with Crippen molar-refractivity contribution in [3.63, 3.8) is 0 Å². The highest BCUT2D eigenvalue weighted by Crippen LogP contribution is 2.22. The third-order valence-corrected chi connectivity index (χ3v) is 1.42. The predicted octanol–water partition coefficient (Wildman–Crippen LogP) is 2.03. The van der Waals surface area contributed by atoms with Gasteiger partial charge in [-0.15, -0.1) is 0 Å². The van der Waals surface area contributed by atoms with Crippen LogP contribution in [0, 0.1) is 0 Å². The van der Waals surface area contributed by atoms with Crippen LogP contribution in [-0.4, -0.2) is 30.2 Å². The molecule has 1 amide bonds. The zero-order chi connectivity index (χ0) is 13.0. The lowest BCUT2D eigenvalue weighted by atomic mass is 10.2. The molecule has 0 aliphatic rings. The molecule has 0 aromatic rings. The molecule has 0 fully saturated rings. The molecular weight excluding hydrogens is 227 g/mol. The number of rotatable bonds is 3. The molecular formula is C9H14F3NO3. The number of aldehydes is 1. The van der Waals surface area contributed by atoms with Crippen molar-refractivity contribution in [1.82, 2.24) is 5.32 Å². The van der Waals surface area contributed by atoms with Gasteiger partial charge in [-0.05, 0) is 20.8 Å². The summed E-state index contributed by atoms with van der Waals surface area (Å²) in [7, 11) is 0. The normalized spacial score (nSPS) is 14.1. The van der Waals surface area contributed by atoms with Crippen LogP contribution in [0.4, 0.5) is 18.0 Å². The second-order valence-electron chi connectivity index (χ2n) is 4.14. The highest BCUT2D eigenvalue weighted by molar-refractivity contribution is 5.69. The van der Waals surface area contributed by atoms with E-state index in [2.05, 4.69) is 4.74 Å². The maximum Gasteiger partial charge on any atom is 0.409 e. The zero-order valence-corrected chi connectivity index (χ0v) is 9.22. The van der Waals surface area contributed by atoms with Crippen molar-refractivity contribution in [3.05, 3.63) is 0 Å². The maximum absolute atomic E-state index is 12.3. The van der Waals surface area contributed by atoms with Gasteiger partial charge in [0.15, 0.2) is 0 Å². The van der Waals surface area contributed by atoms with Crippen LogP contribution >= 0.6 is 0 Å². The molecule has 0 spiro atoms. The summed E-state index contributed by atoms with van der Waals surface area (Å²) >= 11 is 0. The van der Waals surface area contributed by atoms with E-state index >= 15 is 0 Å². The van der Waals surface area contributed by atoms with Crippen molar-refractivity contribution in [3.8, 4) is 0 Å². The molecule has 0 saturated carbocycles. The van der Waals surface area contributed by atoms with Gasteiger partial charge in [-0.1, -0.05) is 0 Å². The van der Waals surface area contributed by atoms with Crippen molar-refractivity contribution < 1.29 is 27.5 Å². The predicted molar refractivity (Wildman–Crippen MR) is 49.9 cm³/mol. The third kappa shape index (κ3) is 6.26. The Bertz CT molecular complexity index is 258. The third-order valence-electron chi connectivity index (χ3n) is 1.42. The van der Waals surface area contributed by atoms with Crippen molar-refractivity contribution in [1.29, 1.82) is 0 Å². The minimum atomic E-state index is -4.67. The Balaban J connectivity index is 4.42. The molecule has 1 N–H and O–H groups in total. The van der Waals surface area contributed by atoms with Gasteiger partial charge in [0, 0.05) is 6.42 Å². The Morgan fingerprint density at radius 2 is 1.88 bits per heavy atom. The second-order valence-corrected chi connectivity index (χ2v) is 4.14. The summed E-state index contributed by atoms with van der Waals surface area (Å²) in [5.41, 5.74) is -0.887. The first-order valence-electron chi connectivity index (χ1n) is 4.56. The summed E-state index contributed by atoms with van der Waals surface area (Å²) in [4.78, 5) is 21.1. The summed E-state index contributed by atoms with van der Waals surface area (Å²) in [5, 5.41) is 1.60. The van der Waals surface area contributed by atoms with Gasteiger partial charge in [0.25, 0.3) is 0 Å². The highest BCUT2D eigenvalue weighted by Gasteiger charge is 2.41. The molecule has 0 aromatic heterocycles. The SMILES string of the molecule is CC(C)(C)OC(=O)N[C@H](CC=O)C(F)(F)F. The van der Waals surface area contributed by atoms with E-state index in [1.54, 1.807) is 5.32 Å². The largest absolute Gasteiger partial charge is 0.444 e. The first kappa shape index (κ1) is 14.7. The maximum atomic E-state index is 12.3. The number of hydrogen-bond donors (Lipinski definition) is 1. The molecule has 7 heteroatoms. The number of hydrogen-bond acceptors (Lipinski definition) is 3. The zero-order valence-electron chi connectivity index (χ0n) is 9.22. The van der Waals surface area contributed by atoms with Crippen molar-refractivity contribution in [2.75, 3.05) is 0 Å². The van der Waals surface area contributed by atoms with Crippen LogP contribution in [0.25, 0.3) is 0 Å². The lowest BCUT2D eigenvalue weighted by Gasteiger charge is -2.23. The Morgan fingerprint density at radius 3 is 2.19 bits per heavy atom. The van der Waals surface area contributed by atoms with Gasteiger partial charge in [-0.2, -0.15) is 13.2 Å². The van der Waals surface area contributed by atoms with Crippen molar-refractivity contribution >= 4 is 12.4 Å². The van der Waals surface area contributed by atoms with E-state index in [-0.39, 0.29) is 6.29 Å². The number of nitrogens with one attached hydrogen (secondary N) is 1. The van der Waals surface area contributed by atoms with Crippen molar-refractivity contribution in [2.45, 2.75) is 45.0 Å². The lowest BCUT2D eigenvalue weighted by Crippen LogP contribution is -2.47. The standard InChI is InChI=1S/C9H14F3NO3/c1-8(2,3)16-7(15)13-6(4-5-14)9(10,11)12/h5-6H,4H2,1-3H3,(H,13,15)/t6-/m1/s1. The van der Waals surface area contributed by atoms with Crippen LogP contribution in [0.3, 0.4) is 0 Å². The van der Waals surface area contributed by atoms with E-state index < -0.39 is 30.3 Å². The summed E-state index contributed by atoms with van der Waals surface area (Å²) in [6.07, 6.45) is -6.60. The molecule has 0 saturated heterocycles. The van der Waals surface area contributed by atoms with Gasteiger partial charge in [0.05, 0.1) is 0 Å². The molecule has 16 heavy (non-hydrogen) atoms. The number of carbonyl (C=O) groups is 2. The van der Waals surface area contributed by atoms with Gasteiger partial charge in [-0.3, -0.25) is 0 Å². The molecule has 94 valence electrons. The van der Waals surface area contributed by atoms with Crippen molar-refractivity contribution in [2.24, 2.45) is 0 Å². The molecule has 0 bridgehead atoms. The molecule has 0 radical (unpaired) electrons. The van der Waals surface area contributed by atoms with Crippen LogP contribution in [-0.2, 0) is 9.53 Å².